The number of esters is 1. The van der Waals surface area contributed by atoms with Crippen LogP contribution in [0.3, 0.4) is 0 Å². The molecule has 6 unspecified atom stereocenters. The predicted octanol–water partition coefficient (Wildman–Crippen LogP) is 7.53. The van der Waals surface area contributed by atoms with E-state index < -0.39 is 14.6 Å². The van der Waals surface area contributed by atoms with Crippen molar-refractivity contribution in [1.29, 1.82) is 0 Å². The summed E-state index contributed by atoms with van der Waals surface area (Å²) in [5.74, 6) is 2.36. The van der Waals surface area contributed by atoms with Gasteiger partial charge in [0.05, 0.1) is 6.61 Å². The summed E-state index contributed by atoms with van der Waals surface area (Å²) in [4.78, 5) is 34.4. The lowest BCUT2D eigenvalue weighted by Crippen LogP contribution is -2.45. The van der Waals surface area contributed by atoms with Crippen LogP contribution in [0, 0.1) is 17.3 Å². The Morgan fingerprint density at radius 2 is 1.86 bits per heavy atom. The molecule has 1 aromatic carbocycles. The summed E-state index contributed by atoms with van der Waals surface area (Å²) in [6, 6.07) is 6.21. The van der Waals surface area contributed by atoms with E-state index in [0.717, 1.165) is 77.0 Å². The van der Waals surface area contributed by atoms with Gasteiger partial charge in [-0.1, -0.05) is 52.0 Å². The minimum absolute atomic E-state index is 0.00127. The third-order valence-electron chi connectivity index (χ3n) is 10.1. The first-order valence-corrected chi connectivity index (χ1v) is 17.6. The standard InChI is InChI=1S/C33H53N2O6P/c1-4-5-6-9-12-31(36)41-30-18-17-29-28-15-13-24-23-25(14-16-26(24)27(28)19-20-33(29,30)2)40-32(37)35-21-10-7-8-11-22-39-42(38)34-3/h14,16,23,27-30,34,38H,4-13,15,17-22H2,1-3H3,(H,35,37). The fourth-order valence-electron chi connectivity index (χ4n) is 7.81. The lowest BCUT2D eigenvalue weighted by Gasteiger charge is -2.50. The Bertz CT molecular complexity index is 1020. The van der Waals surface area contributed by atoms with Gasteiger partial charge in [-0.15, -0.1) is 0 Å². The SMILES string of the molecule is CCCCCCC(=O)OC1CCC2C3CCc4cc(OC(=O)NCCCCCCOP(O)NC)ccc4C3CCC12C. The fraction of sp³-hybridized carbons (Fsp3) is 0.758. The maximum atomic E-state index is 12.6. The summed E-state index contributed by atoms with van der Waals surface area (Å²) >= 11 is 0. The smallest absolute Gasteiger partial charge is 0.412 e. The zero-order chi connectivity index (χ0) is 30.0. The number of carbonyl (C=O) groups excluding carboxylic acids is 2. The van der Waals surface area contributed by atoms with E-state index in [0.29, 0.717) is 43.1 Å². The minimum atomic E-state index is -1.50. The average Bonchev–Trinajstić information content (AvgIpc) is 3.31. The Morgan fingerprint density at radius 1 is 1.05 bits per heavy atom. The number of amides is 1. The van der Waals surface area contributed by atoms with Crippen molar-refractivity contribution < 1.29 is 28.5 Å². The lowest BCUT2D eigenvalue weighted by molar-refractivity contribution is -0.157. The van der Waals surface area contributed by atoms with Gasteiger partial charge in [0.25, 0.3) is 8.53 Å². The summed E-state index contributed by atoms with van der Waals surface area (Å²) in [5, 5.41) is 5.55. The van der Waals surface area contributed by atoms with Crippen molar-refractivity contribution in [2.24, 2.45) is 17.3 Å². The number of fused-ring (bicyclic) bond motifs is 5. The molecular formula is C33H53N2O6P. The zero-order valence-electron chi connectivity index (χ0n) is 26.0. The van der Waals surface area contributed by atoms with Gasteiger partial charge in [-0.3, -0.25) is 9.88 Å². The van der Waals surface area contributed by atoms with Crippen molar-refractivity contribution in [1.82, 2.24) is 10.4 Å². The monoisotopic (exact) mass is 604 g/mol. The number of benzene rings is 1. The molecule has 0 bridgehead atoms. The van der Waals surface area contributed by atoms with E-state index in [1.54, 1.807) is 7.05 Å². The fourth-order valence-corrected chi connectivity index (χ4v) is 8.24. The molecule has 2 saturated carbocycles. The Morgan fingerprint density at radius 3 is 2.67 bits per heavy atom. The molecule has 3 aliphatic carbocycles. The van der Waals surface area contributed by atoms with Gasteiger partial charge in [0.2, 0.25) is 0 Å². The van der Waals surface area contributed by atoms with Crippen molar-refractivity contribution >= 4 is 20.6 Å². The highest BCUT2D eigenvalue weighted by Gasteiger charge is 2.56. The number of aryl methyl sites for hydroxylation is 1. The molecule has 0 spiro atoms. The van der Waals surface area contributed by atoms with Crippen LogP contribution in [-0.4, -0.2) is 43.3 Å². The van der Waals surface area contributed by atoms with Gasteiger partial charge in [-0.25, -0.2) is 4.79 Å². The van der Waals surface area contributed by atoms with Crippen molar-refractivity contribution in [2.75, 3.05) is 20.2 Å². The predicted molar refractivity (Wildman–Crippen MR) is 166 cm³/mol. The van der Waals surface area contributed by atoms with Crippen LogP contribution in [0.25, 0.3) is 0 Å². The number of nitrogens with one attached hydrogen (secondary N) is 2. The van der Waals surface area contributed by atoms with Crippen LogP contribution in [0.1, 0.15) is 121 Å². The molecule has 1 aromatic rings. The Labute approximate surface area is 254 Å². The van der Waals surface area contributed by atoms with E-state index in [1.165, 1.54) is 24.0 Å². The van der Waals surface area contributed by atoms with Gasteiger partial charge in [0, 0.05) is 18.4 Å². The van der Waals surface area contributed by atoms with Crippen LogP contribution in [0.2, 0.25) is 0 Å². The van der Waals surface area contributed by atoms with Crippen molar-refractivity contribution in [3.05, 3.63) is 29.3 Å². The van der Waals surface area contributed by atoms with Crippen LogP contribution >= 0.6 is 8.53 Å². The second kappa shape index (κ2) is 16.4. The van der Waals surface area contributed by atoms with Crippen molar-refractivity contribution in [2.45, 2.75) is 122 Å². The number of ether oxygens (including phenoxy) is 2. The van der Waals surface area contributed by atoms with E-state index in [2.05, 4.69) is 36.4 Å². The van der Waals surface area contributed by atoms with E-state index in [9.17, 15) is 14.5 Å². The first-order chi connectivity index (χ1) is 20.4. The van der Waals surface area contributed by atoms with Gasteiger partial charge in [-0.2, -0.15) is 0 Å². The number of hydrogen-bond acceptors (Lipinski definition) is 7. The average molecular weight is 605 g/mol. The third-order valence-corrected chi connectivity index (χ3v) is 10.9. The molecule has 2 fully saturated rings. The molecule has 1 amide bonds. The molecule has 3 aliphatic rings. The molecule has 42 heavy (non-hydrogen) atoms. The highest BCUT2D eigenvalue weighted by atomic mass is 31.2. The molecule has 236 valence electrons. The van der Waals surface area contributed by atoms with Crippen LogP contribution in [0.5, 0.6) is 5.75 Å². The van der Waals surface area contributed by atoms with Gasteiger partial charge in [0.15, 0.2) is 0 Å². The van der Waals surface area contributed by atoms with E-state index in [1.807, 2.05) is 6.07 Å². The highest BCUT2D eigenvalue weighted by molar-refractivity contribution is 7.43. The molecule has 0 saturated heterocycles. The molecule has 0 aliphatic heterocycles. The minimum Gasteiger partial charge on any atom is -0.462 e. The van der Waals surface area contributed by atoms with Gasteiger partial charge in [-0.05, 0) is 106 Å². The number of carbonyl (C=O) groups is 2. The first kappa shape index (κ1) is 33.2. The first-order valence-electron chi connectivity index (χ1n) is 16.4. The van der Waals surface area contributed by atoms with Crippen LogP contribution < -0.4 is 15.1 Å². The largest absolute Gasteiger partial charge is 0.462 e. The second-order valence-corrected chi connectivity index (χ2v) is 14.0. The molecule has 9 heteroatoms. The Kier molecular flexibility index (Phi) is 12.9. The van der Waals surface area contributed by atoms with Crippen LogP contribution in [-0.2, 0) is 20.5 Å². The summed E-state index contributed by atoms with van der Waals surface area (Å²) < 4.78 is 17.0. The number of hydrogen-bond donors (Lipinski definition) is 3. The Hall–Kier alpha value is -1.73. The van der Waals surface area contributed by atoms with Crippen molar-refractivity contribution in [3.63, 3.8) is 0 Å². The molecule has 0 aromatic heterocycles. The molecule has 0 heterocycles. The molecule has 0 radical (unpaired) electrons. The summed E-state index contributed by atoms with van der Waals surface area (Å²) in [5.41, 5.74) is 2.82. The van der Waals surface area contributed by atoms with E-state index in [-0.39, 0.29) is 17.5 Å². The van der Waals surface area contributed by atoms with E-state index in [4.69, 9.17) is 14.0 Å². The van der Waals surface area contributed by atoms with Gasteiger partial charge >= 0.3 is 12.1 Å². The number of unbranched alkanes of at least 4 members (excludes halogenated alkanes) is 6. The van der Waals surface area contributed by atoms with Gasteiger partial charge < -0.3 is 24.2 Å². The molecule has 8 nitrogen and oxygen atoms in total. The molecule has 6 atom stereocenters. The Balaban J connectivity index is 1.22. The maximum absolute atomic E-state index is 12.6. The van der Waals surface area contributed by atoms with E-state index >= 15 is 0 Å². The molecule has 4 rings (SSSR count). The molecule has 3 N–H and O–H groups in total. The summed E-state index contributed by atoms with van der Waals surface area (Å²) in [7, 11) is 0.174. The quantitative estimate of drug-likeness (QED) is 0.102. The normalized spacial score (nSPS) is 27.0. The zero-order valence-corrected chi connectivity index (χ0v) is 26.9. The lowest BCUT2D eigenvalue weighted by atomic mass is 9.55. The topological polar surface area (TPSA) is 106 Å². The number of rotatable bonds is 16. The van der Waals surface area contributed by atoms with Crippen LogP contribution in [0.4, 0.5) is 4.79 Å². The maximum Gasteiger partial charge on any atom is 0.412 e. The van der Waals surface area contributed by atoms with Crippen LogP contribution in [0.15, 0.2) is 18.2 Å². The highest BCUT2D eigenvalue weighted by Crippen LogP contribution is 2.61. The van der Waals surface area contributed by atoms with Gasteiger partial charge in [0.1, 0.15) is 11.9 Å². The summed E-state index contributed by atoms with van der Waals surface area (Å²) in [6.07, 6.45) is 14.9. The van der Waals surface area contributed by atoms with Crippen molar-refractivity contribution in [3.8, 4) is 5.75 Å². The summed E-state index contributed by atoms with van der Waals surface area (Å²) in [6.45, 7) is 5.68. The third kappa shape index (κ3) is 8.68. The second-order valence-electron chi connectivity index (χ2n) is 12.7. The molecular weight excluding hydrogens is 551 g/mol.